The van der Waals surface area contributed by atoms with Crippen LogP contribution in [-0.4, -0.2) is 9.97 Å². The molecule has 0 spiro atoms. The van der Waals surface area contributed by atoms with Crippen molar-refractivity contribution in [3.05, 3.63) is 64.1 Å². The van der Waals surface area contributed by atoms with E-state index in [9.17, 15) is 4.79 Å². The van der Waals surface area contributed by atoms with Crippen molar-refractivity contribution in [2.75, 3.05) is 5.73 Å². The summed E-state index contributed by atoms with van der Waals surface area (Å²) in [6.45, 7) is 2.00. The number of nitrogens with two attached hydrogens (primary N) is 1. The van der Waals surface area contributed by atoms with E-state index in [2.05, 4.69) is 9.97 Å². The van der Waals surface area contributed by atoms with Crippen LogP contribution in [0.15, 0.2) is 52.2 Å². The van der Waals surface area contributed by atoms with Crippen LogP contribution in [0.2, 0.25) is 0 Å². The first-order valence-corrected chi connectivity index (χ1v) is 7.59. The number of H-pyrrole nitrogens is 1. The summed E-state index contributed by atoms with van der Waals surface area (Å²) < 4.78 is 0. The third-order valence-corrected chi connectivity index (χ3v) is 4.30. The molecule has 0 atom stereocenters. The molecular formula is C16H15N3OS. The summed E-state index contributed by atoms with van der Waals surface area (Å²) in [7, 11) is 0. The lowest BCUT2D eigenvalue weighted by Gasteiger charge is -2.06. The highest BCUT2D eigenvalue weighted by atomic mass is 32.2. The Morgan fingerprint density at radius 2 is 2.05 bits per heavy atom. The van der Waals surface area contributed by atoms with Gasteiger partial charge in [-0.05, 0) is 36.8 Å². The molecule has 5 heteroatoms. The standard InChI is InChI=1S/C16H15N3OS/c1-10-6-7-15(11(17)8-10)21-9-14-16(20)19-13-5-3-2-4-12(13)18-14/h2-8H,9,17H2,1H3,(H,19,20). The normalized spacial score (nSPS) is 10.9. The zero-order valence-electron chi connectivity index (χ0n) is 11.6. The highest BCUT2D eigenvalue weighted by molar-refractivity contribution is 7.98. The van der Waals surface area contributed by atoms with Crippen molar-refractivity contribution < 1.29 is 0 Å². The molecule has 0 radical (unpaired) electrons. The van der Waals surface area contributed by atoms with Gasteiger partial charge in [0.2, 0.25) is 0 Å². The van der Waals surface area contributed by atoms with Gasteiger partial charge in [-0.2, -0.15) is 0 Å². The minimum absolute atomic E-state index is 0.146. The maximum absolute atomic E-state index is 12.0. The number of rotatable bonds is 3. The zero-order valence-corrected chi connectivity index (χ0v) is 12.4. The topological polar surface area (TPSA) is 71.8 Å². The molecule has 0 fully saturated rings. The number of thioether (sulfide) groups is 1. The minimum Gasteiger partial charge on any atom is -0.398 e. The van der Waals surface area contributed by atoms with Crippen molar-refractivity contribution >= 4 is 28.5 Å². The van der Waals surface area contributed by atoms with Gasteiger partial charge < -0.3 is 10.7 Å². The predicted molar refractivity (Wildman–Crippen MR) is 87.5 cm³/mol. The van der Waals surface area contributed by atoms with Crippen LogP contribution in [0.5, 0.6) is 0 Å². The van der Waals surface area contributed by atoms with Gasteiger partial charge in [0, 0.05) is 16.3 Å². The van der Waals surface area contributed by atoms with Gasteiger partial charge in [-0.1, -0.05) is 18.2 Å². The Morgan fingerprint density at radius 1 is 1.24 bits per heavy atom. The molecule has 2 aromatic carbocycles. The predicted octanol–water partition coefficient (Wildman–Crippen LogP) is 3.11. The summed E-state index contributed by atoms with van der Waals surface area (Å²) >= 11 is 1.52. The van der Waals surface area contributed by atoms with Crippen molar-refractivity contribution in [3.8, 4) is 0 Å². The molecule has 3 aromatic rings. The molecule has 0 unspecified atom stereocenters. The zero-order chi connectivity index (χ0) is 14.8. The Balaban J connectivity index is 1.88. The monoisotopic (exact) mass is 297 g/mol. The highest BCUT2D eigenvalue weighted by Crippen LogP contribution is 2.27. The van der Waals surface area contributed by atoms with Crippen LogP contribution >= 0.6 is 11.8 Å². The Bertz CT molecular complexity index is 858. The number of nitrogens with zero attached hydrogens (tertiary/aromatic N) is 1. The molecule has 106 valence electrons. The van der Waals surface area contributed by atoms with E-state index in [1.165, 1.54) is 11.8 Å². The van der Waals surface area contributed by atoms with Crippen molar-refractivity contribution in [1.82, 2.24) is 9.97 Å². The van der Waals surface area contributed by atoms with Crippen LogP contribution in [0.4, 0.5) is 5.69 Å². The number of para-hydroxylation sites is 2. The van der Waals surface area contributed by atoms with Gasteiger partial charge in [0.1, 0.15) is 5.69 Å². The summed E-state index contributed by atoms with van der Waals surface area (Å²) in [4.78, 5) is 20.3. The maximum atomic E-state index is 12.0. The average molecular weight is 297 g/mol. The first-order chi connectivity index (χ1) is 10.1. The summed E-state index contributed by atoms with van der Waals surface area (Å²) in [5.74, 6) is 0.493. The molecule has 1 aromatic heterocycles. The summed E-state index contributed by atoms with van der Waals surface area (Å²) in [6, 6.07) is 13.4. The van der Waals surface area contributed by atoms with Crippen LogP contribution < -0.4 is 11.3 Å². The van der Waals surface area contributed by atoms with Gasteiger partial charge in [0.15, 0.2) is 0 Å². The molecule has 0 amide bonds. The lowest BCUT2D eigenvalue weighted by molar-refractivity contribution is 1.10. The van der Waals surface area contributed by atoms with Crippen LogP contribution in [0, 0.1) is 6.92 Å². The number of nitrogens with one attached hydrogen (secondary N) is 1. The third-order valence-electron chi connectivity index (χ3n) is 3.20. The number of hydrogen-bond donors (Lipinski definition) is 2. The van der Waals surface area contributed by atoms with E-state index >= 15 is 0 Å². The summed E-state index contributed by atoms with van der Waals surface area (Å²) in [6.07, 6.45) is 0. The van der Waals surface area contributed by atoms with Crippen molar-refractivity contribution in [3.63, 3.8) is 0 Å². The SMILES string of the molecule is Cc1ccc(SCc2nc3ccccc3[nH]c2=O)c(N)c1. The Hall–Kier alpha value is -2.27. The van der Waals surface area contributed by atoms with Gasteiger partial charge in [-0.15, -0.1) is 11.8 Å². The summed E-state index contributed by atoms with van der Waals surface area (Å²) in [5.41, 5.74) is 9.76. The number of hydrogen-bond acceptors (Lipinski definition) is 4. The largest absolute Gasteiger partial charge is 0.398 e. The van der Waals surface area contributed by atoms with Crippen molar-refractivity contribution in [2.24, 2.45) is 0 Å². The highest BCUT2D eigenvalue weighted by Gasteiger charge is 2.07. The fourth-order valence-corrected chi connectivity index (χ4v) is 2.99. The van der Waals surface area contributed by atoms with Gasteiger partial charge in [-0.25, -0.2) is 4.98 Å². The quantitative estimate of drug-likeness (QED) is 0.575. The van der Waals surface area contributed by atoms with E-state index in [-0.39, 0.29) is 5.56 Å². The molecule has 1 heterocycles. The van der Waals surface area contributed by atoms with E-state index < -0.39 is 0 Å². The molecule has 0 aliphatic rings. The number of anilines is 1. The number of aryl methyl sites for hydroxylation is 1. The third kappa shape index (κ3) is 2.92. The first kappa shape index (κ1) is 13.7. The summed E-state index contributed by atoms with van der Waals surface area (Å²) in [5, 5.41) is 0. The second kappa shape index (κ2) is 5.61. The fraction of sp³-hybridized carbons (Fsp3) is 0.125. The first-order valence-electron chi connectivity index (χ1n) is 6.60. The lowest BCUT2D eigenvalue weighted by atomic mass is 10.2. The molecule has 3 N–H and O–H groups in total. The van der Waals surface area contributed by atoms with E-state index in [0.29, 0.717) is 11.4 Å². The Kier molecular flexibility index (Phi) is 3.66. The van der Waals surface area contributed by atoms with Crippen LogP contribution in [-0.2, 0) is 5.75 Å². The molecule has 0 aliphatic heterocycles. The lowest BCUT2D eigenvalue weighted by Crippen LogP contribution is -2.14. The number of aromatic amines is 1. The van der Waals surface area contributed by atoms with Crippen molar-refractivity contribution in [2.45, 2.75) is 17.6 Å². The second-order valence-electron chi connectivity index (χ2n) is 4.86. The molecule has 0 bridgehead atoms. The molecular weight excluding hydrogens is 282 g/mol. The Morgan fingerprint density at radius 3 is 2.86 bits per heavy atom. The van der Waals surface area contributed by atoms with Crippen LogP contribution in [0.3, 0.4) is 0 Å². The number of fused-ring (bicyclic) bond motifs is 1. The molecule has 21 heavy (non-hydrogen) atoms. The van der Waals surface area contributed by atoms with Crippen LogP contribution in [0.1, 0.15) is 11.3 Å². The average Bonchev–Trinajstić information content (AvgIpc) is 2.46. The fourth-order valence-electron chi connectivity index (χ4n) is 2.11. The molecule has 0 aliphatic carbocycles. The maximum Gasteiger partial charge on any atom is 0.271 e. The van der Waals surface area contributed by atoms with Gasteiger partial charge in [0.25, 0.3) is 5.56 Å². The number of benzene rings is 2. The number of aromatic nitrogens is 2. The van der Waals surface area contributed by atoms with E-state index in [1.807, 2.05) is 49.4 Å². The van der Waals surface area contributed by atoms with Gasteiger partial charge >= 0.3 is 0 Å². The minimum atomic E-state index is -0.146. The smallest absolute Gasteiger partial charge is 0.271 e. The second-order valence-corrected chi connectivity index (χ2v) is 5.88. The van der Waals surface area contributed by atoms with Crippen molar-refractivity contribution in [1.29, 1.82) is 0 Å². The van der Waals surface area contributed by atoms with Gasteiger partial charge in [-0.3, -0.25) is 4.79 Å². The van der Waals surface area contributed by atoms with E-state index in [4.69, 9.17) is 5.73 Å². The van der Waals surface area contributed by atoms with Crippen LogP contribution in [0.25, 0.3) is 11.0 Å². The van der Waals surface area contributed by atoms with Gasteiger partial charge in [0.05, 0.1) is 11.0 Å². The molecule has 0 saturated heterocycles. The Labute approximate surface area is 126 Å². The molecule has 3 rings (SSSR count). The van der Waals surface area contributed by atoms with E-state index in [0.717, 1.165) is 27.2 Å². The molecule has 4 nitrogen and oxygen atoms in total. The van der Waals surface area contributed by atoms with E-state index in [1.54, 1.807) is 0 Å². The molecule has 0 saturated carbocycles. The number of nitrogen functional groups attached to an aromatic ring is 1.